The van der Waals surface area contributed by atoms with Crippen molar-refractivity contribution in [1.29, 1.82) is 0 Å². The topological polar surface area (TPSA) is 69.1 Å². The largest absolute Gasteiger partial charge is 0.491 e. The molecule has 0 aromatic heterocycles. The normalized spacial score (nSPS) is 16.2. The molecule has 1 aliphatic rings. The van der Waals surface area contributed by atoms with Crippen molar-refractivity contribution in [2.45, 2.75) is 38.5 Å². The molecule has 3 rings (SSSR count). The molecule has 3 N–H and O–H groups in total. The van der Waals surface area contributed by atoms with Crippen LogP contribution < -0.4 is 15.4 Å². The van der Waals surface area contributed by atoms with Crippen LogP contribution in [0, 0.1) is 5.82 Å². The van der Waals surface area contributed by atoms with Gasteiger partial charge in [0.05, 0.1) is 6.54 Å². The van der Waals surface area contributed by atoms with Crippen LogP contribution in [0.5, 0.6) is 5.75 Å². The highest BCUT2D eigenvalue weighted by Crippen LogP contribution is 2.14. The van der Waals surface area contributed by atoms with Crippen LogP contribution in [0.4, 0.5) is 4.39 Å². The summed E-state index contributed by atoms with van der Waals surface area (Å²) in [5.41, 5.74) is 1.35. The average Bonchev–Trinajstić information content (AvgIpc) is 2.79. The molecule has 1 aliphatic heterocycles. The van der Waals surface area contributed by atoms with E-state index in [1.54, 1.807) is 12.1 Å². The highest BCUT2D eigenvalue weighted by atomic mass is 127. The number of aliphatic hydroxyl groups is 1. The van der Waals surface area contributed by atoms with Crippen LogP contribution in [0.1, 0.15) is 25.3 Å². The Bertz CT molecular complexity index is 799. The first-order valence-corrected chi connectivity index (χ1v) is 11.0. The van der Waals surface area contributed by atoms with Crippen molar-refractivity contribution in [1.82, 2.24) is 15.5 Å². The van der Waals surface area contributed by atoms with Crippen LogP contribution in [0.25, 0.3) is 0 Å². The number of nitrogens with one attached hydrogen (secondary N) is 2. The lowest BCUT2D eigenvalue weighted by atomic mass is 10.0. The third kappa shape index (κ3) is 9.30. The van der Waals surface area contributed by atoms with Gasteiger partial charge in [0, 0.05) is 32.2 Å². The van der Waals surface area contributed by atoms with Gasteiger partial charge in [0.2, 0.25) is 0 Å². The van der Waals surface area contributed by atoms with E-state index in [0.717, 1.165) is 39.0 Å². The third-order valence-corrected chi connectivity index (χ3v) is 5.24. The number of aliphatic imine (C=N–C) groups is 1. The van der Waals surface area contributed by atoms with E-state index in [-0.39, 0.29) is 42.9 Å². The molecule has 1 atom stereocenters. The van der Waals surface area contributed by atoms with Gasteiger partial charge in [-0.3, -0.25) is 9.89 Å². The number of likely N-dealkylation sites (tertiary alicyclic amines) is 1. The van der Waals surface area contributed by atoms with Gasteiger partial charge in [0.25, 0.3) is 0 Å². The van der Waals surface area contributed by atoms with Gasteiger partial charge < -0.3 is 20.5 Å². The molecule has 0 spiro atoms. The smallest absolute Gasteiger partial charge is 0.191 e. The lowest BCUT2D eigenvalue weighted by Crippen LogP contribution is -2.48. The zero-order valence-corrected chi connectivity index (χ0v) is 20.9. The fourth-order valence-corrected chi connectivity index (χ4v) is 3.56. The molecule has 0 aliphatic carbocycles. The van der Waals surface area contributed by atoms with Crippen LogP contribution in [0.3, 0.4) is 0 Å². The molecule has 1 heterocycles. The first-order valence-electron chi connectivity index (χ1n) is 11.0. The molecular formula is C24H34FIN4O2. The van der Waals surface area contributed by atoms with Gasteiger partial charge in [0.1, 0.15) is 24.3 Å². The molecule has 2 aromatic rings. The third-order valence-electron chi connectivity index (χ3n) is 5.24. The number of rotatable bonds is 9. The SMILES string of the molecule is CCNC(=NCC(O)COc1ccc(F)cc1)NC1CCN(Cc2ccccc2)CC1.I. The van der Waals surface area contributed by atoms with Gasteiger partial charge in [-0.1, -0.05) is 30.3 Å². The first kappa shape index (κ1) is 26.3. The summed E-state index contributed by atoms with van der Waals surface area (Å²) in [6.45, 7) is 6.17. The van der Waals surface area contributed by atoms with Crippen molar-refractivity contribution in [3.63, 3.8) is 0 Å². The maximum Gasteiger partial charge on any atom is 0.191 e. The van der Waals surface area contributed by atoms with E-state index in [4.69, 9.17) is 4.74 Å². The molecule has 176 valence electrons. The molecule has 1 saturated heterocycles. The van der Waals surface area contributed by atoms with Gasteiger partial charge in [0.15, 0.2) is 5.96 Å². The minimum Gasteiger partial charge on any atom is -0.491 e. The van der Waals surface area contributed by atoms with Crippen LogP contribution >= 0.6 is 24.0 Å². The van der Waals surface area contributed by atoms with E-state index < -0.39 is 6.10 Å². The Morgan fingerprint density at radius 2 is 1.84 bits per heavy atom. The van der Waals surface area contributed by atoms with E-state index in [0.29, 0.717) is 17.8 Å². The van der Waals surface area contributed by atoms with E-state index >= 15 is 0 Å². The van der Waals surface area contributed by atoms with Crippen molar-refractivity contribution >= 4 is 29.9 Å². The average molecular weight is 556 g/mol. The molecule has 1 unspecified atom stereocenters. The Morgan fingerprint density at radius 3 is 2.50 bits per heavy atom. The number of hydrogen-bond acceptors (Lipinski definition) is 4. The molecule has 0 radical (unpaired) electrons. The Morgan fingerprint density at radius 1 is 1.16 bits per heavy atom. The number of benzene rings is 2. The summed E-state index contributed by atoms with van der Waals surface area (Å²) < 4.78 is 18.4. The highest BCUT2D eigenvalue weighted by Gasteiger charge is 2.20. The molecular weight excluding hydrogens is 522 g/mol. The summed E-state index contributed by atoms with van der Waals surface area (Å²) in [4.78, 5) is 6.99. The maximum absolute atomic E-state index is 12.9. The summed E-state index contributed by atoms with van der Waals surface area (Å²) in [6.07, 6.45) is 1.36. The van der Waals surface area contributed by atoms with E-state index in [1.807, 2.05) is 13.0 Å². The van der Waals surface area contributed by atoms with Gasteiger partial charge in [-0.25, -0.2) is 4.39 Å². The summed E-state index contributed by atoms with van der Waals surface area (Å²) in [5, 5.41) is 16.9. The fraction of sp³-hybridized carbons (Fsp3) is 0.458. The summed E-state index contributed by atoms with van der Waals surface area (Å²) in [7, 11) is 0. The van der Waals surface area contributed by atoms with Crippen molar-refractivity contribution in [3.8, 4) is 5.75 Å². The Kier molecular flexibility index (Phi) is 11.8. The second kappa shape index (κ2) is 14.3. The van der Waals surface area contributed by atoms with Gasteiger partial charge >= 0.3 is 0 Å². The predicted molar refractivity (Wildman–Crippen MR) is 137 cm³/mol. The van der Waals surface area contributed by atoms with Crippen molar-refractivity contribution in [2.24, 2.45) is 4.99 Å². The number of nitrogens with zero attached hydrogens (tertiary/aromatic N) is 2. The molecule has 0 amide bonds. The summed E-state index contributed by atoms with van der Waals surface area (Å²) in [5.74, 6) is 0.923. The van der Waals surface area contributed by atoms with Crippen molar-refractivity contribution < 1.29 is 14.2 Å². The standard InChI is InChI=1S/C24H33FN4O2.HI/c1-2-26-24(27-16-22(30)18-31-23-10-8-20(25)9-11-23)28-21-12-14-29(15-13-21)17-19-6-4-3-5-7-19;/h3-11,21-22,30H,2,12-18H2,1H3,(H2,26,27,28);1H. The molecule has 8 heteroatoms. The van der Waals surface area contributed by atoms with Crippen LogP contribution in [-0.4, -0.2) is 60.9 Å². The molecule has 32 heavy (non-hydrogen) atoms. The number of piperidine rings is 1. The number of aliphatic hydroxyl groups excluding tert-OH is 1. The lowest BCUT2D eigenvalue weighted by molar-refractivity contribution is 0.114. The second-order valence-corrected chi connectivity index (χ2v) is 7.82. The Hall–Kier alpha value is -1.91. The van der Waals surface area contributed by atoms with E-state index in [9.17, 15) is 9.50 Å². The molecule has 0 saturated carbocycles. The summed E-state index contributed by atoms with van der Waals surface area (Å²) >= 11 is 0. The van der Waals surface area contributed by atoms with Crippen molar-refractivity contribution in [2.75, 3.05) is 32.8 Å². The van der Waals surface area contributed by atoms with Gasteiger partial charge in [-0.15, -0.1) is 24.0 Å². The number of hydrogen-bond donors (Lipinski definition) is 3. The van der Waals surface area contributed by atoms with Crippen LogP contribution in [-0.2, 0) is 6.54 Å². The second-order valence-electron chi connectivity index (χ2n) is 7.82. The first-order chi connectivity index (χ1) is 15.1. The van der Waals surface area contributed by atoms with Gasteiger partial charge in [-0.05, 0) is 49.6 Å². The zero-order valence-electron chi connectivity index (χ0n) is 18.5. The number of halogens is 2. The van der Waals surface area contributed by atoms with Crippen LogP contribution in [0.2, 0.25) is 0 Å². The fourth-order valence-electron chi connectivity index (χ4n) is 3.56. The predicted octanol–water partition coefficient (Wildman–Crippen LogP) is 3.40. The quantitative estimate of drug-likeness (QED) is 0.251. The number of ether oxygens (including phenoxy) is 1. The van der Waals surface area contributed by atoms with Gasteiger partial charge in [-0.2, -0.15) is 0 Å². The highest BCUT2D eigenvalue weighted by molar-refractivity contribution is 14.0. The zero-order chi connectivity index (χ0) is 21.9. The van der Waals surface area contributed by atoms with Crippen molar-refractivity contribution in [3.05, 3.63) is 66.0 Å². The van der Waals surface area contributed by atoms with E-state index in [2.05, 4.69) is 44.8 Å². The maximum atomic E-state index is 12.9. The van der Waals surface area contributed by atoms with Crippen LogP contribution in [0.15, 0.2) is 59.6 Å². The Balaban J connectivity index is 0.00000363. The summed E-state index contributed by atoms with van der Waals surface area (Å²) in [6, 6.07) is 16.7. The lowest BCUT2D eigenvalue weighted by Gasteiger charge is -2.33. The minimum atomic E-state index is -0.742. The van der Waals surface area contributed by atoms with E-state index in [1.165, 1.54) is 17.7 Å². The number of guanidine groups is 1. The Labute approximate surface area is 207 Å². The molecule has 2 aromatic carbocycles. The molecule has 1 fully saturated rings. The monoisotopic (exact) mass is 556 g/mol. The molecule has 6 nitrogen and oxygen atoms in total. The molecule has 0 bridgehead atoms. The minimum absolute atomic E-state index is 0.